The van der Waals surface area contributed by atoms with E-state index in [1.807, 2.05) is 0 Å². The molecule has 55 heavy (non-hydrogen) atoms. The molecule has 256 valence electrons. The minimum atomic E-state index is -0.491. The quantitative estimate of drug-likeness (QED) is 0.183. The normalized spacial score (nSPS) is 13.4. The third kappa shape index (κ3) is 4.31. The smallest absolute Gasteiger partial charge is 0.136 e. The van der Waals surface area contributed by atoms with Gasteiger partial charge in [0.15, 0.2) is 0 Å². The number of fused-ring (bicyclic) bond motifs is 13. The molecular formula is C53H32O2. The standard InChI is InChI=1S/C53H32O2/c1-2-13-33(14-3-1)37-27-38(29-39(28-37)40-19-12-24-49-52(40)43-30-34-15-4-5-16-35(34)31-50(43)55-49)36-25-26-47-51(32-36)54-48-23-11-10-22-46(48)53(47)44-20-8-6-17-41(44)42-18-7-9-21-45(42)53/h1-32H. The summed E-state index contributed by atoms with van der Waals surface area (Å²) in [5.41, 5.74) is 15.6. The van der Waals surface area contributed by atoms with Crippen LogP contribution in [0.25, 0.3) is 77.2 Å². The average Bonchev–Trinajstić information content (AvgIpc) is 3.76. The Morgan fingerprint density at radius 1 is 0.327 bits per heavy atom. The lowest BCUT2D eigenvalue weighted by molar-refractivity contribution is 0.436. The Hall–Kier alpha value is -7.16. The van der Waals surface area contributed by atoms with E-state index in [1.165, 1.54) is 44.2 Å². The molecule has 0 amide bonds. The largest absolute Gasteiger partial charge is 0.457 e. The summed E-state index contributed by atoms with van der Waals surface area (Å²) in [5, 5.41) is 4.63. The van der Waals surface area contributed by atoms with Crippen LogP contribution >= 0.6 is 0 Å². The molecule has 0 saturated carbocycles. The molecule has 2 nitrogen and oxygen atoms in total. The van der Waals surface area contributed by atoms with Gasteiger partial charge in [0.1, 0.15) is 22.7 Å². The number of hydrogen-bond acceptors (Lipinski definition) is 2. The molecule has 0 atom stereocenters. The summed E-state index contributed by atoms with van der Waals surface area (Å²) in [6, 6.07) is 70.2. The molecule has 12 rings (SSSR count). The van der Waals surface area contributed by atoms with E-state index in [0.717, 1.165) is 66.8 Å². The van der Waals surface area contributed by atoms with E-state index in [4.69, 9.17) is 9.15 Å². The van der Waals surface area contributed by atoms with Gasteiger partial charge in [0, 0.05) is 21.9 Å². The first-order chi connectivity index (χ1) is 27.2. The minimum Gasteiger partial charge on any atom is -0.457 e. The van der Waals surface area contributed by atoms with Gasteiger partial charge < -0.3 is 9.15 Å². The van der Waals surface area contributed by atoms with Crippen molar-refractivity contribution in [3.63, 3.8) is 0 Å². The van der Waals surface area contributed by atoms with Crippen LogP contribution in [-0.4, -0.2) is 0 Å². The number of rotatable bonds is 3. The number of furan rings is 1. The van der Waals surface area contributed by atoms with Gasteiger partial charge in [-0.2, -0.15) is 0 Å². The first kappa shape index (κ1) is 30.3. The average molecular weight is 701 g/mol. The van der Waals surface area contributed by atoms with Crippen LogP contribution in [-0.2, 0) is 5.41 Å². The zero-order chi connectivity index (χ0) is 36.1. The van der Waals surface area contributed by atoms with Crippen molar-refractivity contribution in [2.45, 2.75) is 5.41 Å². The summed E-state index contributed by atoms with van der Waals surface area (Å²) in [6.45, 7) is 0. The van der Waals surface area contributed by atoms with Crippen LogP contribution in [0.3, 0.4) is 0 Å². The lowest BCUT2D eigenvalue weighted by atomic mass is 9.66. The molecule has 1 spiro atoms. The van der Waals surface area contributed by atoms with Crippen molar-refractivity contribution in [3.05, 3.63) is 216 Å². The van der Waals surface area contributed by atoms with E-state index in [0.29, 0.717) is 0 Å². The Bertz CT molecular complexity index is 3140. The molecule has 0 unspecified atom stereocenters. The highest BCUT2D eigenvalue weighted by Gasteiger charge is 2.50. The maximum Gasteiger partial charge on any atom is 0.136 e. The van der Waals surface area contributed by atoms with Crippen LogP contribution in [0.4, 0.5) is 0 Å². The third-order valence-electron chi connectivity index (χ3n) is 11.9. The molecule has 2 heteroatoms. The first-order valence-corrected chi connectivity index (χ1v) is 18.9. The molecule has 0 radical (unpaired) electrons. The van der Waals surface area contributed by atoms with Crippen molar-refractivity contribution < 1.29 is 9.15 Å². The van der Waals surface area contributed by atoms with E-state index in [2.05, 4.69) is 194 Å². The van der Waals surface area contributed by atoms with E-state index in [-0.39, 0.29) is 0 Å². The molecule has 10 aromatic rings. The van der Waals surface area contributed by atoms with Crippen LogP contribution < -0.4 is 4.74 Å². The highest BCUT2D eigenvalue weighted by molar-refractivity contribution is 6.16. The Labute approximate surface area is 318 Å². The SMILES string of the molecule is c1ccc(-c2cc(-c3ccc4c(c3)Oc3ccccc3C43c4ccccc4-c4ccccc43)cc(-c3cccc4oc5cc6ccccc6cc5c34)c2)cc1. The summed E-state index contributed by atoms with van der Waals surface area (Å²) < 4.78 is 13.4. The Morgan fingerprint density at radius 3 is 1.71 bits per heavy atom. The molecule has 0 bridgehead atoms. The van der Waals surface area contributed by atoms with Gasteiger partial charge in [-0.05, 0) is 115 Å². The third-order valence-corrected chi connectivity index (χ3v) is 11.9. The van der Waals surface area contributed by atoms with Crippen LogP contribution in [0.2, 0.25) is 0 Å². The van der Waals surface area contributed by atoms with Gasteiger partial charge in [-0.15, -0.1) is 0 Å². The zero-order valence-corrected chi connectivity index (χ0v) is 29.8. The number of ether oxygens (including phenoxy) is 1. The fraction of sp³-hybridized carbons (Fsp3) is 0.0189. The van der Waals surface area contributed by atoms with Crippen molar-refractivity contribution in [2.75, 3.05) is 0 Å². The van der Waals surface area contributed by atoms with Gasteiger partial charge in [0.25, 0.3) is 0 Å². The van der Waals surface area contributed by atoms with Crippen LogP contribution in [0.15, 0.2) is 199 Å². The second-order valence-electron chi connectivity index (χ2n) is 14.8. The van der Waals surface area contributed by atoms with Gasteiger partial charge in [0.2, 0.25) is 0 Å². The fourth-order valence-corrected chi connectivity index (χ4v) is 9.54. The summed E-state index contributed by atoms with van der Waals surface area (Å²) >= 11 is 0. The predicted octanol–water partition coefficient (Wildman–Crippen LogP) is 14.2. The Morgan fingerprint density at radius 2 is 0.927 bits per heavy atom. The molecule has 0 fully saturated rings. The molecular weight excluding hydrogens is 669 g/mol. The zero-order valence-electron chi connectivity index (χ0n) is 29.8. The van der Waals surface area contributed by atoms with Gasteiger partial charge in [0.05, 0.1) is 5.41 Å². The Kier molecular flexibility index (Phi) is 6.29. The van der Waals surface area contributed by atoms with Gasteiger partial charge in [-0.1, -0.05) is 146 Å². The van der Waals surface area contributed by atoms with Crippen LogP contribution in [0.1, 0.15) is 22.3 Å². The van der Waals surface area contributed by atoms with Crippen molar-refractivity contribution in [1.29, 1.82) is 0 Å². The molecule has 0 saturated heterocycles. The highest BCUT2D eigenvalue weighted by atomic mass is 16.5. The second-order valence-corrected chi connectivity index (χ2v) is 14.8. The summed E-state index contributed by atoms with van der Waals surface area (Å²) in [5.74, 6) is 1.77. The van der Waals surface area contributed by atoms with Crippen molar-refractivity contribution in [2.24, 2.45) is 0 Å². The number of benzene rings is 9. The molecule has 2 aliphatic rings. The summed E-state index contributed by atoms with van der Waals surface area (Å²) in [4.78, 5) is 0. The maximum atomic E-state index is 6.90. The summed E-state index contributed by atoms with van der Waals surface area (Å²) in [6.07, 6.45) is 0. The molecule has 1 aliphatic carbocycles. The van der Waals surface area contributed by atoms with E-state index in [1.54, 1.807) is 0 Å². The van der Waals surface area contributed by atoms with Crippen LogP contribution in [0, 0.1) is 0 Å². The summed E-state index contributed by atoms with van der Waals surface area (Å²) in [7, 11) is 0. The lowest BCUT2D eigenvalue weighted by Gasteiger charge is -2.39. The monoisotopic (exact) mass is 700 g/mol. The first-order valence-electron chi connectivity index (χ1n) is 18.9. The molecule has 0 N–H and O–H groups in total. The van der Waals surface area contributed by atoms with Gasteiger partial charge in [-0.25, -0.2) is 0 Å². The van der Waals surface area contributed by atoms with Gasteiger partial charge >= 0.3 is 0 Å². The molecule has 1 aliphatic heterocycles. The minimum absolute atomic E-state index is 0.491. The highest BCUT2D eigenvalue weighted by Crippen LogP contribution is 2.62. The van der Waals surface area contributed by atoms with Gasteiger partial charge in [-0.3, -0.25) is 0 Å². The number of hydrogen-bond donors (Lipinski definition) is 0. The van der Waals surface area contributed by atoms with Crippen LogP contribution in [0.5, 0.6) is 11.5 Å². The van der Waals surface area contributed by atoms with E-state index in [9.17, 15) is 0 Å². The Balaban J connectivity index is 1.09. The predicted molar refractivity (Wildman–Crippen MR) is 225 cm³/mol. The molecule has 1 aromatic heterocycles. The maximum absolute atomic E-state index is 6.90. The topological polar surface area (TPSA) is 22.4 Å². The molecule has 2 heterocycles. The fourth-order valence-electron chi connectivity index (χ4n) is 9.54. The van der Waals surface area contributed by atoms with E-state index < -0.39 is 5.41 Å². The number of para-hydroxylation sites is 1. The van der Waals surface area contributed by atoms with Crippen molar-refractivity contribution in [3.8, 4) is 56.0 Å². The van der Waals surface area contributed by atoms with Crippen molar-refractivity contribution >= 4 is 32.7 Å². The van der Waals surface area contributed by atoms with Crippen molar-refractivity contribution in [1.82, 2.24) is 0 Å². The lowest BCUT2D eigenvalue weighted by Crippen LogP contribution is -2.32. The second kappa shape index (κ2) is 11.4. The molecule has 9 aromatic carbocycles. The van der Waals surface area contributed by atoms with E-state index >= 15 is 0 Å².